The summed E-state index contributed by atoms with van der Waals surface area (Å²) in [6.45, 7) is 3.15. The lowest BCUT2D eigenvalue weighted by molar-refractivity contribution is -0.0298. The van der Waals surface area contributed by atoms with Crippen molar-refractivity contribution in [1.82, 2.24) is 0 Å². The van der Waals surface area contributed by atoms with Crippen LogP contribution >= 0.6 is 11.3 Å². The van der Waals surface area contributed by atoms with E-state index in [2.05, 4.69) is 0 Å². The van der Waals surface area contributed by atoms with E-state index in [1.807, 2.05) is 19.1 Å². The highest BCUT2D eigenvalue weighted by molar-refractivity contribution is 7.13. The molecule has 16 heavy (non-hydrogen) atoms. The van der Waals surface area contributed by atoms with Crippen molar-refractivity contribution in [3.8, 4) is 0 Å². The number of esters is 1. The van der Waals surface area contributed by atoms with Gasteiger partial charge < -0.3 is 9.47 Å². The fourth-order valence-corrected chi connectivity index (χ4v) is 2.48. The molecule has 0 radical (unpaired) electrons. The van der Waals surface area contributed by atoms with Gasteiger partial charge in [0, 0.05) is 11.5 Å². The minimum Gasteiger partial charge on any atom is -0.459 e. The second kappa shape index (κ2) is 5.46. The number of carbonyl (C=O) groups excluding carboxylic acids is 1. The fourth-order valence-electron chi connectivity index (χ4n) is 1.72. The third kappa shape index (κ3) is 3.06. The summed E-state index contributed by atoms with van der Waals surface area (Å²) in [6.07, 6.45) is 3.38. The van der Waals surface area contributed by atoms with Crippen LogP contribution in [-0.2, 0) is 9.47 Å². The summed E-state index contributed by atoms with van der Waals surface area (Å²) in [7, 11) is 0. The molecule has 1 aromatic heterocycles. The zero-order valence-corrected chi connectivity index (χ0v) is 10.2. The number of hydrogen-bond acceptors (Lipinski definition) is 4. The first kappa shape index (κ1) is 11.6. The topological polar surface area (TPSA) is 35.5 Å². The standard InChI is InChI=1S/C12H16O3S/c1-9-5-6-11(16-9)12(13)15-8-10-4-2-3-7-14-10/h5-6,10H,2-4,7-8H2,1H3. The van der Waals surface area contributed by atoms with Crippen molar-refractivity contribution in [3.63, 3.8) is 0 Å². The molecule has 0 bridgehead atoms. The molecule has 1 aromatic rings. The van der Waals surface area contributed by atoms with Gasteiger partial charge in [-0.05, 0) is 38.3 Å². The number of carbonyl (C=O) groups is 1. The van der Waals surface area contributed by atoms with Crippen LogP contribution in [-0.4, -0.2) is 25.3 Å². The van der Waals surface area contributed by atoms with Crippen LogP contribution in [0.3, 0.4) is 0 Å². The van der Waals surface area contributed by atoms with Crippen LogP contribution in [0.15, 0.2) is 12.1 Å². The minimum atomic E-state index is -0.229. The van der Waals surface area contributed by atoms with Crippen molar-refractivity contribution in [2.75, 3.05) is 13.2 Å². The van der Waals surface area contributed by atoms with Crippen LogP contribution < -0.4 is 0 Å². The highest BCUT2D eigenvalue weighted by atomic mass is 32.1. The van der Waals surface area contributed by atoms with Gasteiger partial charge in [0.05, 0.1) is 6.10 Å². The molecule has 2 heterocycles. The molecule has 0 spiro atoms. The van der Waals surface area contributed by atoms with Gasteiger partial charge in [-0.1, -0.05) is 0 Å². The smallest absolute Gasteiger partial charge is 0.348 e. The van der Waals surface area contributed by atoms with Crippen LogP contribution in [0.4, 0.5) is 0 Å². The van der Waals surface area contributed by atoms with Gasteiger partial charge in [0.1, 0.15) is 11.5 Å². The molecule has 1 aliphatic heterocycles. The fraction of sp³-hybridized carbons (Fsp3) is 0.583. The Morgan fingerprint density at radius 3 is 3.06 bits per heavy atom. The Labute approximate surface area is 99.4 Å². The van der Waals surface area contributed by atoms with Gasteiger partial charge in [0.15, 0.2) is 0 Å². The molecule has 88 valence electrons. The molecule has 1 saturated heterocycles. The molecule has 1 atom stereocenters. The third-order valence-corrected chi connectivity index (χ3v) is 3.60. The van der Waals surface area contributed by atoms with E-state index in [0.717, 1.165) is 24.3 Å². The monoisotopic (exact) mass is 240 g/mol. The summed E-state index contributed by atoms with van der Waals surface area (Å²) in [6, 6.07) is 3.74. The predicted octanol–water partition coefficient (Wildman–Crippen LogP) is 2.78. The Bertz CT molecular complexity index is 353. The summed E-state index contributed by atoms with van der Waals surface area (Å²) in [5.41, 5.74) is 0. The van der Waals surface area contributed by atoms with Crippen LogP contribution in [0, 0.1) is 6.92 Å². The molecule has 3 nitrogen and oxygen atoms in total. The van der Waals surface area contributed by atoms with Crippen molar-refractivity contribution in [3.05, 3.63) is 21.9 Å². The second-order valence-electron chi connectivity index (χ2n) is 4.00. The van der Waals surface area contributed by atoms with E-state index in [9.17, 15) is 4.79 Å². The van der Waals surface area contributed by atoms with Crippen molar-refractivity contribution in [1.29, 1.82) is 0 Å². The Morgan fingerprint density at radius 1 is 1.56 bits per heavy atom. The molecule has 4 heteroatoms. The van der Waals surface area contributed by atoms with Crippen LogP contribution in [0.25, 0.3) is 0 Å². The summed E-state index contributed by atoms with van der Waals surface area (Å²) >= 11 is 1.47. The number of thiophene rings is 1. The number of hydrogen-bond donors (Lipinski definition) is 0. The van der Waals surface area contributed by atoms with E-state index in [4.69, 9.17) is 9.47 Å². The molecule has 0 aromatic carbocycles. The van der Waals surface area contributed by atoms with Gasteiger partial charge in [-0.15, -0.1) is 11.3 Å². The molecule has 1 aliphatic rings. The molecular weight excluding hydrogens is 224 g/mol. The Balaban J connectivity index is 1.79. The average molecular weight is 240 g/mol. The number of ether oxygens (including phenoxy) is 2. The summed E-state index contributed by atoms with van der Waals surface area (Å²) in [4.78, 5) is 13.4. The zero-order valence-electron chi connectivity index (χ0n) is 9.40. The molecule has 2 rings (SSSR count). The molecular formula is C12H16O3S. The maximum atomic E-state index is 11.6. The SMILES string of the molecule is Cc1ccc(C(=O)OCC2CCCCO2)s1. The number of aryl methyl sites for hydroxylation is 1. The van der Waals surface area contributed by atoms with E-state index in [0.29, 0.717) is 11.5 Å². The Morgan fingerprint density at radius 2 is 2.44 bits per heavy atom. The van der Waals surface area contributed by atoms with Gasteiger partial charge in [0.25, 0.3) is 0 Å². The van der Waals surface area contributed by atoms with Crippen molar-refractivity contribution in [2.24, 2.45) is 0 Å². The van der Waals surface area contributed by atoms with E-state index < -0.39 is 0 Å². The van der Waals surface area contributed by atoms with Crippen LogP contribution in [0.1, 0.15) is 33.8 Å². The molecule has 0 amide bonds. The lowest BCUT2D eigenvalue weighted by atomic mass is 10.1. The van der Waals surface area contributed by atoms with Crippen LogP contribution in [0.2, 0.25) is 0 Å². The van der Waals surface area contributed by atoms with Gasteiger partial charge >= 0.3 is 5.97 Å². The molecule has 0 saturated carbocycles. The van der Waals surface area contributed by atoms with E-state index in [1.54, 1.807) is 0 Å². The minimum absolute atomic E-state index is 0.0961. The summed E-state index contributed by atoms with van der Waals surface area (Å²) < 4.78 is 10.7. The summed E-state index contributed by atoms with van der Waals surface area (Å²) in [5.74, 6) is -0.229. The first-order valence-corrected chi connectivity index (χ1v) is 6.42. The second-order valence-corrected chi connectivity index (χ2v) is 5.29. The third-order valence-electron chi connectivity index (χ3n) is 2.62. The van der Waals surface area contributed by atoms with Gasteiger partial charge in [-0.2, -0.15) is 0 Å². The zero-order chi connectivity index (χ0) is 11.4. The van der Waals surface area contributed by atoms with E-state index in [-0.39, 0.29) is 12.1 Å². The largest absolute Gasteiger partial charge is 0.459 e. The van der Waals surface area contributed by atoms with Gasteiger partial charge in [0.2, 0.25) is 0 Å². The Kier molecular flexibility index (Phi) is 3.96. The maximum absolute atomic E-state index is 11.6. The quantitative estimate of drug-likeness (QED) is 0.762. The Hall–Kier alpha value is -0.870. The average Bonchev–Trinajstić information content (AvgIpc) is 2.74. The first-order chi connectivity index (χ1) is 7.75. The maximum Gasteiger partial charge on any atom is 0.348 e. The lowest BCUT2D eigenvalue weighted by Gasteiger charge is -2.21. The van der Waals surface area contributed by atoms with Gasteiger partial charge in [-0.3, -0.25) is 0 Å². The van der Waals surface area contributed by atoms with Gasteiger partial charge in [-0.25, -0.2) is 4.79 Å². The first-order valence-electron chi connectivity index (χ1n) is 5.61. The van der Waals surface area contributed by atoms with Crippen molar-refractivity contribution >= 4 is 17.3 Å². The molecule has 1 fully saturated rings. The number of rotatable bonds is 3. The highest BCUT2D eigenvalue weighted by Gasteiger charge is 2.17. The van der Waals surface area contributed by atoms with Crippen molar-refractivity contribution in [2.45, 2.75) is 32.3 Å². The molecule has 0 aliphatic carbocycles. The summed E-state index contributed by atoms with van der Waals surface area (Å²) in [5, 5.41) is 0. The van der Waals surface area contributed by atoms with Crippen LogP contribution in [0.5, 0.6) is 0 Å². The normalized spacial score (nSPS) is 20.7. The highest BCUT2D eigenvalue weighted by Crippen LogP contribution is 2.17. The van der Waals surface area contributed by atoms with E-state index >= 15 is 0 Å². The lowest BCUT2D eigenvalue weighted by Crippen LogP contribution is -2.25. The van der Waals surface area contributed by atoms with Crippen molar-refractivity contribution < 1.29 is 14.3 Å². The predicted molar refractivity (Wildman–Crippen MR) is 62.9 cm³/mol. The van der Waals surface area contributed by atoms with E-state index in [1.165, 1.54) is 17.8 Å². The molecule has 1 unspecified atom stereocenters. The molecule has 0 N–H and O–H groups in total.